The highest BCUT2D eigenvalue weighted by Crippen LogP contribution is 2.32. The summed E-state index contributed by atoms with van der Waals surface area (Å²) < 4.78 is 5.71. The number of carbonyl (C=O) groups excluding carboxylic acids is 1. The Balaban J connectivity index is 0. The Morgan fingerprint density at radius 1 is 0.804 bits per heavy atom. The van der Waals surface area contributed by atoms with Crippen molar-refractivity contribution in [3.8, 4) is 18.1 Å². The maximum absolute atomic E-state index is 9.12. The number of β-amino-alcohol motifs (C(OH)–C–C–N with tert-alkyl or cyclic N) is 1. The average Bonchev–Trinajstić information content (AvgIpc) is 3.25. The molecule has 2 aromatic carbocycles. The second kappa shape index (κ2) is 37.1. The molecule has 2 saturated heterocycles. The number of anilines is 1. The van der Waals surface area contributed by atoms with E-state index in [2.05, 4.69) is 102 Å². The van der Waals surface area contributed by atoms with Crippen molar-refractivity contribution in [2.75, 3.05) is 71.0 Å². The summed E-state index contributed by atoms with van der Waals surface area (Å²) in [6.07, 6.45) is 19.9. The van der Waals surface area contributed by atoms with Gasteiger partial charge in [0, 0.05) is 70.5 Å². The van der Waals surface area contributed by atoms with Gasteiger partial charge >= 0.3 is 0 Å². The van der Waals surface area contributed by atoms with Crippen molar-refractivity contribution in [1.82, 2.24) is 14.8 Å². The molecule has 56 heavy (non-hydrogen) atoms. The number of piperazine rings is 1. The van der Waals surface area contributed by atoms with Gasteiger partial charge in [0.1, 0.15) is 12.5 Å². The van der Waals surface area contributed by atoms with Crippen LogP contribution in [0.2, 0.25) is 0 Å². The van der Waals surface area contributed by atoms with Crippen LogP contribution >= 0.6 is 0 Å². The SMILES string of the molecule is C#CC.C=O.CC.CC.CCCCCCCCCCOc1ccc(C)cc1.CO.Cc1ccc2ncc(C)c(N3CCC(N4CCN(CCO)CC4)CC3)c2c1. The van der Waals surface area contributed by atoms with E-state index < -0.39 is 0 Å². The first-order valence-electron chi connectivity index (χ1n) is 21.4. The Labute approximate surface area is 344 Å². The third-order valence-corrected chi connectivity index (χ3v) is 9.59. The van der Waals surface area contributed by atoms with Crippen molar-refractivity contribution in [3.05, 3.63) is 65.4 Å². The van der Waals surface area contributed by atoms with Gasteiger partial charge in [-0.2, -0.15) is 0 Å². The molecule has 0 atom stereocenters. The van der Waals surface area contributed by atoms with Crippen LogP contribution in [0.5, 0.6) is 5.75 Å². The number of unbranched alkanes of at least 4 members (excludes halogenated alkanes) is 7. The molecule has 8 heteroatoms. The van der Waals surface area contributed by atoms with Gasteiger partial charge in [-0.05, 0) is 76.8 Å². The maximum atomic E-state index is 9.12. The zero-order valence-corrected chi connectivity index (χ0v) is 37.4. The van der Waals surface area contributed by atoms with Crippen molar-refractivity contribution in [1.29, 1.82) is 0 Å². The Morgan fingerprint density at radius 2 is 1.32 bits per heavy atom. The fourth-order valence-electron chi connectivity index (χ4n) is 6.82. The van der Waals surface area contributed by atoms with Gasteiger partial charge in [-0.15, -0.1) is 12.3 Å². The van der Waals surface area contributed by atoms with Crippen molar-refractivity contribution >= 4 is 23.4 Å². The van der Waals surface area contributed by atoms with Crippen LogP contribution in [0.1, 0.15) is 122 Å². The van der Waals surface area contributed by atoms with E-state index in [1.165, 1.54) is 92.0 Å². The van der Waals surface area contributed by atoms with Crippen LogP contribution in [0.3, 0.4) is 0 Å². The highest BCUT2D eigenvalue weighted by Gasteiger charge is 2.28. The Kier molecular flexibility index (Phi) is 36.2. The van der Waals surface area contributed by atoms with E-state index in [1.807, 2.05) is 40.7 Å². The van der Waals surface area contributed by atoms with E-state index in [1.54, 1.807) is 6.92 Å². The first-order valence-corrected chi connectivity index (χ1v) is 21.4. The number of fused-ring (bicyclic) bond motifs is 1. The molecule has 318 valence electrons. The summed E-state index contributed by atoms with van der Waals surface area (Å²) in [7, 11) is 1.00. The average molecular weight is 779 g/mol. The second-order valence-electron chi connectivity index (χ2n) is 13.6. The van der Waals surface area contributed by atoms with Crippen LogP contribution in [0, 0.1) is 33.1 Å². The van der Waals surface area contributed by atoms with E-state index >= 15 is 0 Å². The summed E-state index contributed by atoms with van der Waals surface area (Å²) in [4.78, 5) is 20.3. The lowest BCUT2D eigenvalue weighted by molar-refractivity contribution is -0.0980. The number of aryl methyl sites for hydroxylation is 3. The number of benzene rings is 2. The first-order chi connectivity index (χ1) is 27.4. The van der Waals surface area contributed by atoms with Crippen LogP contribution in [0.25, 0.3) is 10.9 Å². The third kappa shape index (κ3) is 22.3. The molecule has 2 fully saturated rings. The molecule has 0 amide bonds. The molecule has 0 aliphatic carbocycles. The van der Waals surface area contributed by atoms with Crippen LogP contribution in [-0.2, 0) is 4.79 Å². The number of terminal acetylenes is 1. The van der Waals surface area contributed by atoms with Crippen LogP contribution in [0.4, 0.5) is 5.69 Å². The molecular weight excluding hydrogens is 697 g/mol. The summed E-state index contributed by atoms with van der Waals surface area (Å²) >= 11 is 0. The van der Waals surface area contributed by atoms with E-state index in [4.69, 9.17) is 19.7 Å². The number of hydrogen-bond donors (Lipinski definition) is 2. The summed E-state index contributed by atoms with van der Waals surface area (Å²) in [5.74, 6) is 3.25. The van der Waals surface area contributed by atoms with Gasteiger partial charge in [0.25, 0.3) is 0 Å². The maximum Gasteiger partial charge on any atom is 0.119 e. The lowest BCUT2D eigenvalue weighted by atomic mass is 9.99. The smallest absolute Gasteiger partial charge is 0.119 e. The zero-order valence-electron chi connectivity index (χ0n) is 37.4. The van der Waals surface area contributed by atoms with Gasteiger partial charge in [0.05, 0.1) is 24.4 Å². The quantitative estimate of drug-likeness (QED) is 0.124. The van der Waals surface area contributed by atoms with E-state index in [0.29, 0.717) is 6.04 Å². The molecule has 2 aliphatic heterocycles. The molecule has 0 radical (unpaired) electrons. The predicted octanol–water partition coefficient (Wildman–Crippen LogP) is 10.1. The molecule has 0 unspecified atom stereocenters. The van der Waals surface area contributed by atoms with Gasteiger partial charge in [-0.25, -0.2) is 0 Å². The van der Waals surface area contributed by atoms with Crippen LogP contribution in [-0.4, -0.2) is 104 Å². The van der Waals surface area contributed by atoms with E-state index in [-0.39, 0.29) is 6.61 Å². The summed E-state index contributed by atoms with van der Waals surface area (Å²) in [5.41, 5.74) is 6.35. The van der Waals surface area contributed by atoms with E-state index in [0.717, 1.165) is 70.8 Å². The molecule has 1 aromatic heterocycles. The molecule has 5 rings (SSSR count). The molecule has 2 N–H and O–H groups in total. The number of ether oxygens (including phenoxy) is 1. The lowest BCUT2D eigenvalue weighted by Gasteiger charge is -2.43. The zero-order chi connectivity index (χ0) is 42.6. The Hall–Kier alpha value is -3.48. The predicted molar refractivity (Wildman–Crippen MR) is 243 cm³/mol. The highest BCUT2D eigenvalue weighted by molar-refractivity contribution is 5.93. The molecule has 3 heterocycles. The molecule has 3 aromatic rings. The van der Waals surface area contributed by atoms with Gasteiger partial charge in [0.2, 0.25) is 0 Å². The molecule has 0 saturated carbocycles. The normalized spacial score (nSPS) is 13.8. The summed E-state index contributed by atoms with van der Waals surface area (Å²) in [6, 6.07) is 15.6. The van der Waals surface area contributed by atoms with Crippen LogP contribution in [0.15, 0.2) is 48.7 Å². The minimum absolute atomic E-state index is 0.275. The number of aliphatic hydroxyl groups is 2. The fourth-order valence-corrected chi connectivity index (χ4v) is 6.82. The summed E-state index contributed by atoms with van der Waals surface area (Å²) in [6.45, 7) is 29.0. The number of aromatic nitrogens is 1. The minimum atomic E-state index is 0.275. The van der Waals surface area contributed by atoms with E-state index in [9.17, 15) is 0 Å². The van der Waals surface area contributed by atoms with Crippen molar-refractivity contribution in [2.24, 2.45) is 0 Å². The number of rotatable bonds is 14. The fraction of sp³-hybridized carbons (Fsp3) is 0.625. The number of pyridine rings is 1. The minimum Gasteiger partial charge on any atom is -0.494 e. The van der Waals surface area contributed by atoms with Crippen molar-refractivity contribution in [3.63, 3.8) is 0 Å². The number of aliphatic hydroxyl groups excluding tert-OH is 2. The number of carbonyl (C=O) groups is 1. The lowest BCUT2D eigenvalue weighted by Crippen LogP contribution is -2.53. The molecular formula is C48H82N4O4. The Morgan fingerprint density at radius 3 is 1.86 bits per heavy atom. The topological polar surface area (TPSA) is 89.4 Å². The van der Waals surface area contributed by atoms with Crippen LogP contribution < -0.4 is 9.64 Å². The standard InChI is InChI=1S/C22H32N4O.C17H28O.C3H4.2C2H6.CH4O.CH2O/c1-17-3-4-21-20(15-17)22(18(2)16-23-21)26-7-5-19(6-8-26)25-11-9-24(10-12-25)13-14-27;1-3-4-5-6-7-8-9-10-15-18-17-13-11-16(2)12-14-17;1-3-2;4*1-2/h3-4,15-16,19,27H,5-14H2,1-2H3;11-14H,3-10,15H2,1-2H3;1H,2H3;2*1-2H3;2H,1H3;1H2. The summed E-state index contributed by atoms with van der Waals surface area (Å²) in [5, 5.41) is 17.4. The number of hydrogen-bond acceptors (Lipinski definition) is 8. The monoisotopic (exact) mass is 779 g/mol. The molecule has 2 aliphatic rings. The van der Waals surface area contributed by atoms with Gasteiger partial charge in [0.15, 0.2) is 0 Å². The van der Waals surface area contributed by atoms with Gasteiger partial charge < -0.3 is 24.6 Å². The highest BCUT2D eigenvalue weighted by atomic mass is 16.5. The molecule has 0 bridgehead atoms. The third-order valence-electron chi connectivity index (χ3n) is 9.59. The van der Waals surface area contributed by atoms with Gasteiger partial charge in [-0.1, -0.05) is 109 Å². The first kappa shape index (κ1) is 54.6. The van der Waals surface area contributed by atoms with Crippen molar-refractivity contribution < 1.29 is 19.7 Å². The second-order valence-corrected chi connectivity index (χ2v) is 13.6. The molecule has 8 nitrogen and oxygen atoms in total. The Bertz CT molecular complexity index is 1360. The van der Waals surface area contributed by atoms with Crippen molar-refractivity contribution in [2.45, 2.75) is 133 Å². The number of piperidine rings is 1. The van der Waals surface area contributed by atoms with Gasteiger partial charge in [-0.3, -0.25) is 14.8 Å². The largest absolute Gasteiger partial charge is 0.494 e. The number of nitrogens with zero attached hydrogens (tertiary/aromatic N) is 4. The molecule has 0 spiro atoms.